The molecule has 6 aromatic heterocycles. The lowest BCUT2D eigenvalue weighted by Gasteiger charge is -2.14. The fourth-order valence-corrected chi connectivity index (χ4v) is 4.53. The van der Waals surface area contributed by atoms with Gasteiger partial charge in [-0.1, -0.05) is 0 Å². The third-order valence-corrected chi connectivity index (χ3v) is 6.53. The predicted molar refractivity (Wildman–Crippen MR) is 148 cm³/mol. The molecule has 7 heterocycles. The number of hydrogen-bond donors (Lipinski definition) is 0. The van der Waals surface area contributed by atoms with Crippen molar-refractivity contribution in [2.75, 3.05) is 13.2 Å². The molecular weight excluding hydrogens is 528 g/mol. The zero-order valence-electron chi connectivity index (χ0n) is 21.7. The molecule has 0 radical (unpaired) electrons. The number of imidazole rings is 2. The summed E-state index contributed by atoms with van der Waals surface area (Å²) < 4.78 is 17.6. The number of pyridine rings is 4. The number of carbonyl (C=O) groups is 1. The fourth-order valence-electron chi connectivity index (χ4n) is 4.53. The van der Waals surface area contributed by atoms with Gasteiger partial charge in [0.05, 0.1) is 84.8 Å². The van der Waals surface area contributed by atoms with Crippen molar-refractivity contribution in [1.29, 1.82) is 0 Å². The molecule has 6 aromatic rings. The number of carbonyl (C=O) groups excluding carboxylic acids is 1. The van der Waals surface area contributed by atoms with Gasteiger partial charge in [0, 0.05) is 36.9 Å². The van der Waals surface area contributed by atoms with Crippen molar-refractivity contribution in [3.63, 3.8) is 0 Å². The zero-order valence-corrected chi connectivity index (χ0v) is 21.7. The van der Waals surface area contributed by atoms with Gasteiger partial charge >= 0.3 is 0 Å². The lowest BCUT2D eigenvalue weighted by atomic mass is 10.3. The molecule has 1 fully saturated rings. The topological polar surface area (TPSA) is 141 Å². The largest absolute Gasteiger partial charge is 0.348 e. The molecule has 13 nitrogen and oxygen atoms in total. The fraction of sp³-hybridized carbons (Fsp3) is 0.179. The van der Waals surface area contributed by atoms with Crippen molar-refractivity contribution in [1.82, 2.24) is 38.2 Å². The van der Waals surface area contributed by atoms with E-state index in [0.29, 0.717) is 37.1 Å². The molecule has 0 amide bonds. The Morgan fingerprint density at radius 3 is 1.83 bits per heavy atom. The van der Waals surface area contributed by atoms with Crippen LogP contribution in [0.25, 0.3) is 33.4 Å². The van der Waals surface area contributed by atoms with Gasteiger partial charge in [-0.05, 0) is 24.3 Å². The van der Waals surface area contributed by atoms with Crippen LogP contribution in [0, 0.1) is 0 Å². The standard InChI is InChI=1S/C15H14N4O3.C13H10N4O2/c20-14-2-1-12-13(19(14)9-15-21-5-6-22-15)7-11(8-17-12)18-4-3-16-10-18;18-6-5-17-12-7-10(16-4-3-14-9-16)8-15-11(12)1-2-13(17)19/h1-4,7-8,10,15H,5-6,9H2;1-4,6-9H,5H2. The molecule has 0 spiro atoms. The van der Waals surface area contributed by atoms with E-state index in [0.717, 1.165) is 22.4 Å². The lowest BCUT2D eigenvalue weighted by molar-refractivity contribution is -0.108. The average Bonchev–Trinajstić information content (AvgIpc) is 3.81. The summed E-state index contributed by atoms with van der Waals surface area (Å²) in [6.45, 7) is 1.49. The van der Waals surface area contributed by atoms with E-state index in [1.54, 1.807) is 64.9 Å². The van der Waals surface area contributed by atoms with Crippen LogP contribution in [0.2, 0.25) is 0 Å². The van der Waals surface area contributed by atoms with Crippen molar-refractivity contribution in [2.24, 2.45) is 0 Å². The van der Waals surface area contributed by atoms with Crippen molar-refractivity contribution >= 4 is 28.4 Å². The van der Waals surface area contributed by atoms with Gasteiger partial charge in [0.25, 0.3) is 11.1 Å². The molecule has 1 aliphatic rings. The third kappa shape index (κ3) is 5.44. The summed E-state index contributed by atoms with van der Waals surface area (Å²) in [6.07, 6.45) is 14.1. The molecule has 41 heavy (non-hydrogen) atoms. The SMILES string of the molecule is O=CCn1c(=O)ccc2ncc(-n3ccnc3)cc21.O=c1ccc2ncc(-n3ccnc3)cc2n1CC1OCCO1. The quantitative estimate of drug-likeness (QED) is 0.283. The molecule has 0 saturated carbocycles. The Labute approximate surface area is 231 Å². The maximum atomic E-state index is 12.2. The van der Waals surface area contributed by atoms with Crippen LogP contribution in [0.5, 0.6) is 0 Å². The van der Waals surface area contributed by atoms with Crippen molar-refractivity contribution in [3.8, 4) is 11.4 Å². The predicted octanol–water partition coefficient (Wildman–Crippen LogP) is 1.74. The summed E-state index contributed by atoms with van der Waals surface area (Å²) >= 11 is 0. The van der Waals surface area contributed by atoms with E-state index < -0.39 is 0 Å². The highest BCUT2D eigenvalue weighted by atomic mass is 16.7. The van der Waals surface area contributed by atoms with Gasteiger partial charge in [0.15, 0.2) is 6.29 Å². The van der Waals surface area contributed by atoms with Gasteiger partial charge in [-0.25, -0.2) is 9.97 Å². The first-order valence-corrected chi connectivity index (χ1v) is 12.7. The van der Waals surface area contributed by atoms with E-state index in [-0.39, 0.29) is 24.0 Å². The van der Waals surface area contributed by atoms with Crippen LogP contribution in [0.3, 0.4) is 0 Å². The van der Waals surface area contributed by atoms with Gasteiger partial charge in [-0.15, -0.1) is 0 Å². The smallest absolute Gasteiger partial charge is 0.251 e. The Morgan fingerprint density at radius 2 is 1.32 bits per heavy atom. The minimum Gasteiger partial charge on any atom is -0.348 e. The first-order chi connectivity index (χ1) is 20.1. The van der Waals surface area contributed by atoms with Crippen LogP contribution in [0.1, 0.15) is 0 Å². The summed E-state index contributed by atoms with van der Waals surface area (Å²) in [6, 6.07) is 10.0. The molecular formula is C28H24N8O5. The molecule has 0 bridgehead atoms. The van der Waals surface area contributed by atoms with Crippen LogP contribution in [-0.4, -0.2) is 64.0 Å². The second kappa shape index (κ2) is 11.5. The molecule has 13 heteroatoms. The summed E-state index contributed by atoms with van der Waals surface area (Å²) in [7, 11) is 0. The first kappa shape index (κ1) is 26.0. The summed E-state index contributed by atoms with van der Waals surface area (Å²) in [5.41, 5.74) is 4.11. The van der Waals surface area contributed by atoms with E-state index in [2.05, 4.69) is 19.9 Å². The molecule has 7 rings (SSSR count). The van der Waals surface area contributed by atoms with E-state index in [1.165, 1.54) is 16.7 Å². The highest BCUT2D eigenvalue weighted by molar-refractivity contribution is 5.77. The molecule has 0 N–H and O–H groups in total. The van der Waals surface area contributed by atoms with E-state index >= 15 is 0 Å². The molecule has 0 aromatic carbocycles. The molecule has 0 unspecified atom stereocenters. The lowest BCUT2D eigenvalue weighted by Crippen LogP contribution is -2.27. The van der Waals surface area contributed by atoms with Gasteiger partial charge in [0.1, 0.15) is 6.29 Å². The number of rotatable bonds is 6. The minimum absolute atomic E-state index is 0.0191. The Kier molecular flexibility index (Phi) is 7.26. The highest BCUT2D eigenvalue weighted by Gasteiger charge is 2.18. The Balaban J connectivity index is 0.000000149. The van der Waals surface area contributed by atoms with E-state index in [1.807, 2.05) is 22.9 Å². The Morgan fingerprint density at radius 1 is 0.780 bits per heavy atom. The summed E-state index contributed by atoms with van der Waals surface area (Å²) in [4.78, 5) is 51.4. The Hall–Kier alpha value is -5.27. The molecule has 206 valence electrons. The molecule has 0 aliphatic carbocycles. The number of nitrogens with zero attached hydrogens (tertiary/aromatic N) is 8. The van der Waals surface area contributed by atoms with Crippen LogP contribution < -0.4 is 11.1 Å². The monoisotopic (exact) mass is 552 g/mol. The number of fused-ring (bicyclic) bond motifs is 2. The minimum atomic E-state index is -0.389. The second-order valence-corrected chi connectivity index (χ2v) is 9.04. The van der Waals surface area contributed by atoms with Crippen molar-refractivity contribution in [3.05, 3.63) is 107 Å². The zero-order chi connectivity index (χ0) is 28.2. The van der Waals surface area contributed by atoms with Crippen molar-refractivity contribution < 1.29 is 14.3 Å². The van der Waals surface area contributed by atoms with Crippen LogP contribution in [0.15, 0.2) is 95.8 Å². The molecule has 1 saturated heterocycles. The average molecular weight is 553 g/mol. The van der Waals surface area contributed by atoms with Gasteiger partial charge in [-0.2, -0.15) is 0 Å². The van der Waals surface area contributed by atoms with Crippen molar-refractivity contribution in [2.45, 2.75) is 19.4 Å². The first-order valence-electron chi connectivity index (χ1n) is 12.7. The number of hydrogen-bond acceptors (Lipinski definition) is 9. The van der Waals surface area contributed by atoms with Gasteiger partial charge in [0.2, 0.25) is 0 Å². The number of ether oxygens (including phenoxy) is 2. The highest BCUT2D eigenvalue weighted by Crippen LogP contribution is 2.17. The van der Waals surface area contributed by atoms with Gasteiger partial charge < -0.3 is 28.0 Å². The van der Waals surface area contributed by atoms with Gasteiger partial charge in [-0.3, -0.25) is 24.1 Å². The third-order valence-electron chi connectivity index (χ3n) is 6.53. The summed E-state index contributed by atoms with van der Waals surface area (Å²) in [5.74, 6) is 0. The maximum Gasteiger partial charge on any atom is 0.251 e. The van der Waals surface area contributed by atoms with Crippen LogP contribution >= 0.6 is 0 Å². The number of aromatic nitrogens is 8. The van der Waals surface area contributed by atoms with E-state index in [9.17, 15) is 14.4 Å². The summed E-state index contributed by atoms with van der Waals surface area (Å²) in [5, 5.41) is 0. The van der Waals surface area contributed by atoms with E-state index in [4.69, 9.17) is 9.47 Å². The molecule has 0 atom stereocenters. The number of aldehydes is 1. The second-order valence-electron chi connectivity index (χ2n) is 9.04. The van der Waals surface area contributed by atoms with Crippen LogP contribution in [-0.2, 0) is 27.4 Å². The normalized spacial score (nSPS) is 13.4. The Bertz CT molecular complexity index is 1920. The van der Waals surface area contributed by atoms with Crippen LogP contribution in [0.4, 0.5) is 0 Å². The maximum absolute atomic E-state index is 12.2. The molecule has 1 aliphatic heterocycles.